The number of hydrogen-bond donors (Lipinski definition) is 1. The first-order chi connectivity index (χ1) is 15.7. The van der Waals surface area contributed by atoms with Gasteiger partial charge in [-0.3, -0.25) is 14.5 Å². The number of anilines is 1. The van der Waals surface area contributed by atoms with Gasteiger partial charge in [0.15, 0.2) is 5.69 Å². The Kier molecular flexibility index (Phi) is 6.99. The van der Waals surface area contributed by atoms with Crippen molar-refractivity contribution in [1.82, 2.24) is 14.9 Å². The lowest BCUT2D eigenvalue weighted by atomic mass is 10.0. The van der Waals surface area contributed by atoms with Crippen molar-refractivity contribution >= 4 is 29.0 Å². The number of hydrogen-bond acceptors (Lipinski definition) is 5. The molecular formula is C25H22N4O2S. The normalized spacial score (nSPS) is 11.5. The van der Waals surface area contributed by atoms with Crippen LogP contribution in [0.2, 0.25) is 0 Å². The molecule has 1 aromatic heterocycles. The van der Waals surface area contributed by atoms with E-state index in [4.69, 9.17) is 0 Å². The van der Waals surface area contributed by atoms with Crippen LogP contribution in [0.4, 0.5) is 5.69 Å². The number of carbonyl (C=O) groups excluding carboxylic acids is 2. The van der Waals surface area contributed by atoms with Crippen LogP contribution in [0.1, 0.15) is 27.7 Å². The SMILES string of the molecule is O=C(NCCc1ccccc1)C(c1ccccc1)N(C(=O)c1csnn1)c1ccccc1. The van der Waals surface area contributed by atoms with Crippen molar-refractivity contribution < 1.29 is 9.59 Å². The number of carbonyl (C=O) groups is 2. The minimum Gasteiger partial charge on any atom is -0.354 e. The molecule has 160 valence electrons. The lowest BCUT2D eigenvalue weighted by molar-refractivity contribution is -0.122. The molecule has 0 aliphatic rings. The van der Waals surface area contributed by atoms with Gasteiger partial charge in [-0.15, -0.1) is 5.10 Å². The third-order valence-corrected chi connectivity index (χ3v) is 5.51. The summed E-state index contributed by atoms with van der Waals surface area (Å²) in [7, 11) is 0. The van der Waals surface area contributed by atoms with E-state index in [0.717, 1.165) is 17.1 Å². The molecule has 0 aliphatic carbocycles. The second-order valence-electron chi connectivity index (χ2n) is 7.14. The van der Waals surface area contributed by atoms with Gasteiger partial charge in [0.25, 0.3) is 5.91 Å². The van der Waals surface area contributed by atoms with Crippen LogP contribution in [0.25, 0.3) is 0 Å². The Bertz CT molecular complexity index is 1140. The van der Waals surface area contributed by atoms with Gasteiger partial charge in [0.05, 0.1) is 0 Å². The van der Waals surface area contributed by atoms with Gasteiger partial charge in [0.2, 0.25) is 5.91 Å². The maximum absolute atomic E-state index is 13.5. The van der Waals surface area contributed by atoms with E-state index in [2.05, 4.69) is 14.9 Å². The highest BCUT2D eigenvalue weighted by Gasteiger charge is 2.34. The number of nitrogens with zero attached hydrogens (tertiary/aromatic N) is 3. The summed E-state index contributed by atoms with van der Waals surface area (Å²) in [6.45, 7) is 0.460. The Labute approximate surface area is 190 Å². The molecule has 0 bridgehead atoms. The summed E-state index contributed by atoms with van der Waals surface area (Å²) in [5.41, 5.74) is 2.66. The number of benzene rings is 3. The van der Waals surface area contributed by atoms with Crippen LogP contribution in [0.5, 0.6) is 0 Å². The number of amides is 2. The van der Waals surface area contributed by atoms with Crippen LogP contribution in [-0.2, 0) is 11.2 Å². The van der Waals surface area contributed by atoms with E-state index in [1.807, 2.05) is 91.0 Å². The third-order valence-electron chi connectivity index (χ3n) is 5.01. The standard InChI is InChI=1S/C25H22N4O2S/c30-24(26-17-16-19-10-4-1-5-11-19)23(20-12-6-2-7-13-20)29(21-14-8-3-9-15-21)25(31)22-18-32-28-27-22/h1-15,18,23H,16-17H2,(H,26,30). The predicted molar refractivity (Wildman–Crippen MR) is 125 cm³/mol. The molecule has 4 rings (SSSR count). The first-order valence-electron chi connectivity index (χ1n) is 10.3. The van der Waals surface area contributed by atoms with Crippen molar-refractivity contribution in [2.24, 2.45) is 0 Å². The molecule has 0 saturated carbocycles. The fourth-order valence-electron chi connectivity index (χ4n) is 3.48. The molecule has 1 heterocycles. The van der Waals surface area contributed by atoms with Gasteiger partial charge < -0.3 is 5.32 Å². The van der Waals surface area contributed by atoms with Crippen LogP contribution in [0, 0.1) is 0 Å². The highest BCUT2D eigenvalue weighted by Crippen LogP contribution is 2.29. The van der Waals surface area contributed by atoms with Gasteiger partial charge >= 0.3 is 0 Å². The Morgan fingerprint density at radius 2 is 1.50 bits per heavy atom. The van der Waals surface area contributed by atoms with E-state index in [1.54, 1.807) is 5.38 Å². The quantitative estimate of drug-likeness (QED) is 0.442. The summed E-state index contributed by atoms with van der Waals surface area (Å²) in [4.78, 5) is 28.4. The summed E-state index contributed by atoms with van der Waals surface area (Å²) in [5, 5.41) is 8.55. The summed E-state index contributed by atoms with van der Waals surface area (Å²) >= 11 is 1.10. The molecule has 0 spiro atoms. The van der Waals surface area contributed by atoms with Crippen molar-refractivity contribution in [3.8, 4) is 0 Å². The van der Waals surface area contributed by atoms with E-state index in [1.165, 1.54) is 4.90 Å². The highest BCUT2D eigenvalue weighted by atomic mass is 32.1. The summed E-state index contributed by atoms with van der Waals surface area (Å²) in [6, 6.07) is 27.6. The molecule has 4 aromatic rings. The summed E-state index contributed by atoms with van der Waals surface area (Å²) in [6.07, 6.45) is 0.698. The fourth-order valence-corrected chi connectivity index (χ4v) is 3.91. The number of rotatable bonds is 8. The van der Waals surface area contributed by atoms with Crippen molar-refractivity contribution in [2.75, 3.05) is 11.4 Å². The molecular weight excluding hydrogens is 420 g/mol. The topological polar surface area (TPSA) is 75.2 Å². The van der Waals surface area contributed by atoms with Crippen LogP contribution in [0.3, 0.4) is 0 Å². The molecule has 3 aromatic carbocycles. The van der Waals surface area contributed by atoms with E-state index < -0.39 is 6.04 Å². The van der Waals surface area contributed by atoms with Crippen LogP contribution >= 0.6 is 11.5 Å². The number of nitrogens with one attached hydrogen (secondary N) is 1. The van der Waals surface area contributed by atoms with Gasteiger partial charge in [-0.25, -0.2) is 0 Å². The Morgan fingerprint density at radius 3 is 2.12 bits per heavy atom. The molecule has 0 saturated heterocycles. The zero-order valence-electron chi connectivity index (χ0n) is 17.3. The first kappa shape index (κ1) is 21.4. The van der Waals surface area contributed by atoms with E-state index in [9.17, 15) is 9.59 Å². The molecule has 7 heteroatoms. The van der Waals surface area contributed by atoms with Crippen LogP contribution < -0.4 is 10.2 Å². The predicted octanol–water partition coefficient (Wildman–Crippen LogP) is 4.29. The van der Waals surface area contributed by atoms with E-state index >= 15 is 0 Å². The molecule has 1 atom stereocenters. The Hall–Kier alpha value is -3.84. The average Bonchev–Trinajstić information content (AvgIpc) is 3.39. The number of para-hydroxylation sites is 1. The molecule has 0 radical (unpaired) electrons. The van der Waals surface area contributed by atoms with E-state index in [-0.39, 0.29) is 17.5 Å². The Balaban J connectivity index is 1.66. The van der Waals surface area contributed by atoms with Gasteiger partial charge in [-0.05, 0) is 41.2 Å². The number of aromatic nitrogens is 2. The minimum absolute atomic E-state index is 0.205. The molecule has 0 fully saturated rings. The van der Waals surface area contributed by atoms with Gasteiger partial charge in [-0.2, -0.15) is 0 Å². The molecule has 1 unspecified atom stereocenters. The molecule has 6 nitrogen and oxygen atoms in total. The molecule has 32 heavy (non-hydrogen) atoms. The van der Waals surface area contributed by atoms with Crippen molar-refractivity contribution in [1.29, 1.82) is 0 Å². The monoisotopic (exact) mass is 442 g/mol. The second-order valence-corrected chi connectivity index (χ2v) is 7.75. The van der Waals surface area contributed by atoms with Gasteiger partial charge in [0.1, 0.15) is 6.04 Å². The van der Waals surface area contributed by atoms with Gasteiger partial charge in [-0.1, -0.05) is 83.4 Å². The second kappa shape index (κ2) is 10.5. The maximum Gasteiger partial charge on any atom is 0.280 e. The molecule has 0 aliphatic heterocycles. The largest absolute Gasteiger partial charge is 0.354 e. The van der Waals surface area contributed by atoms with E-state index in [0.29, 0.717) is 24.2 Å². The van der Waals surface area contributed by atoms with Crippen molar-refractivity contribution in [3.63, 3.8) is 0 Å². The van der Waals surface area contributed by atoms with Crippen molar-refractivity contribution in [3.05, 3.63) is 113 Å². The summed E-state index contributed by atoms with van der Waals surface area (Å²) in [5.74, 6) is -0.635. The van der Waals surface area contributed by atoms with Crippen LogP contribution in [-0.4, -0.2) is 27.9 Å². The lowest BCUT2D eigenvalue weighted by Gasteiger charge is -2.31. The maximum atomic E-state index is 13.5. The average molecular weight is 443 g/mol. The highest BCUT2D eigenvalue weighted by molar-refractivity contribution is 7.03. The lowest BCUT2D eigenvalue weighted by Crippen LogP contribution is -2.44. The minimum atomic E-state index is -0.858. The smallest absolute Gasteiger partial charge is 0.280 e. The zero-order valence-corrected chi connectivity index (χ0v) is 18.1. The van der Waals surface area contributed by atoms with Gasteiger partial charge in [0, 0.05) is 17.6 Å². The Morgan fingerprint density at radius 1 is 0.875 bits per heavy atom. The third kappa shape index (κ3) is 5.07. The zero-order chi connectivity index (χ0) is 22.2. The molecule has 1 N–H and O–H groups in total. The first-order valence-corrected chi connectivity index (χ1v) is 11.1. The molecule has 2 amide bonds. The fraction of sp³-hybridized carbons (Fsp3) is 0.120. The summed E-state index contributed by atoms with van der Waals surface area (Å²) < 4.78 is 3.82. The van der Waals surface area contributed by atoms with Crippen molar-refractivity contribution in [2.45, 2.75) is 12.5 Å². The van der Waals surface area contributed by atoms with Crippen LogP contribution in [0.15, 0.2) is 96.4 Å².